The number of hydrogen-bond acceptors (Lipinski definition) is 3. The second kappa shape index (κ2) is 5.30. The summed E-state index contributed by atoms with van der Waals surface area (Å²) in [6.07, 6.45) is 0.301. The van der Waals surface area contributed by atoms with E-state index in [1.165, 1.54) is 0 Å². The molecule has 1 aromatic carbocycles. The van der Waals surface area contributed by atoms with Crippen molar-refractivity contribution in [1.82, 2.24) is 5.32 Å². The van der Waals surface area contributed by atoms with Gasteiger partial charge < -0.3 is 15.2 Å². The third kappa shape index (κ3) is 2.85. The molecule has 0 saturated carbocycles. The number of rotatable bonds is 4. The summed E-state index contributed by atoms with van der Waals surface area (Å²) < 4.78 is 31.6. The van der Waals surface area contributed by atoms with Crippen molar-refractivity contribution in [3.63, 3.8) is 0 Å². The van der Waals surface area contributed by atoms with E-state index in [0.29, 0.717) is 19.6 Å². The average Bonchev–Trinajstić information content (AvgIpc) is 2.64. The molecule has 0 radical (unpaired) electrons. The predicted octanol–water partition coefficient (Wildman–Crippen LogP) is 1.59. The molecule has 0 bridgehead atoms. The van der Waals surface area contributed by atoms with E-state index >= 15 is 0 Å². The molecule has 3 nitrogen and oxygen atoms in total. The fourth-order valence-corrected chi connectivity index (χ4v) is 2.10. The topological polar surface area (TPSA) is 41.5 Å². The van der Waals surface area contributed by atoms with Crippen LogP contribution in [0, 0.1) is 11.6 Å². The van der Waals surface area contributed by atoms with Gasteiger partial charge in [0.05, 0.1) is 6.10 Å². The Kier molecular flexibility index (Phi) is 3.94. The van der Waals surface area contributed by atoms with E-state index in [2.05, 4.69) is 5.32 Å². The zero-order valence-electron chi connectivity index (χ0n) is 10.2. The zero-order valence-corrected chi connectivity index (χ0v) is 10.2. The monoisotopic (exact) mass is 257 g/mol. The summed E-state index contributed by atoms with van der Waals surface area (Å²) in [6, 6.07) is 3.34. The van der Waals surface area contributed by atoms with Gasteiger partial charge in [-0.15, -0.1) is 0 Å². The lowest BCUT2D eigenvalue weighted by molar-refractivity contribution is -0.0263. The quantitative estimate of drug-likeness (QED) is 0.860. The zero-order chi connectivity index (χ0) is 13.2. The molecular weight excluding hydrogens is 240 g/mol. The molecule has 0 amide bonds. The van der Waals surface area contributed by atoms with Gasteiger partial charge in [0, 0.05) is 31.7 Å². The van der Waals surface area contributed by atoms with E-state index in [1.54, 1.807) is 6.92 Å². The standard InChI is InChI=1S/C13H17F2NO2/c1-9-13(17,4-5-18-9)8-16-7-10-6-11(14)2-3-12(10)15/h2-3,6,9,16-17H,4-5,7-8H2,1H3. The maximum Gasteiger partial charge on any atom is 0.127 e. The molecule has 0 spiro atoms. The highest BCUT2D eigenvalue weighted by Gasteiger charge is 2.38. The average molecular weight is 257 g/mol. The number of ether oxygens (including phenoxy) is 1. The van der Waals surface area contributed by atoms with Crippen molar-refractivity contribution in [2.24, 2.45) is 0 Å². The molecule has 0 aromatic heterocycles. The highest BCUT2D eigenvalue weighted by molar-refractivity contribution is 5.18. The van der Waals surface area contributed by atoms with Crippen molar-refractivity contribution >= 4 is 0 Å². The molecule has 100 valence electrons. The minimum atomic E-state index is -0.927. The molecule has 0 aliphatic carbocycles. The van der Waals surface area contributed by atoms with Crippen LogP contribution in [0.25, 0.3) is 0 Å². The van der Waals surface area contributed by atoms with Crippen LogP contribution in [0.3, 0.4) is 0 Å². The molecule has 2 unspecified atom stereocenters. The molecule has 2 rings (SSSR count). The van der Waals surface area contributed by atoms with Crippen LogP contribution in [-0.2, 0) is 11.3 Å². The molecule has 1 aliphatic heterocycles. The Hall–Kier alpha value is -1.04. The number of hydrogen-bond donors (Lipinski definition) is 2. The van der Waals surface area contributed by atoms with Gasteiger partial charge in [0.1, 0.15) is 17.2 Å². The Balaban J connectivity index is 1.90. The lowest BCUT2D eigenvalue weighted by Gasteiger charge is -2.26. The molecule has 1 aliphatic rings. The summed E-state index contributed by atoms with van der Waals surface area (Å²) in [5.74, 6) is -0.920. The van der Waals surface area contributed by atoms with Gasteiger partial charge in [0.15, 0.2) is 0 Å². The number of benzene rings is 1. The Labute approximate surface area is 105 Å². The Morgan fingerprint density at radius 2 is 2.28 bits per heavy atom. The van der Waals surface area contributed by atoms with Gasteiger partial charge in [-0.2, -0.15) is 0 Å². The van der Waals surface area contributed by atoms with Crippen LogP contribution in [-0.4, -0.2) is 30.0 Å². The fraction of sp³-hybridized carbons (Fsp3) is 0.538. The Morgan fingerprint density at radius 3 is 2.94 bits per heavy atom. The molecule has 1 aromatic rings. The van der Waals surface area contributed by atoms with E-state index in [4.69, 9.17) is 4.74 Å². The van der Waals surface area contributed by atoms with E-state index < -0.39 is 17.2 Å². The maximum atomic E-state index is 13.3. The minimum absolute atomic E-state index is 0.179. The fourth-order valence-electron chi connectivity index (χ4n) is 2.10. The largest absolute Gasteiger partial charge is 0.386 e. The van der Waals surface area contributed by atoms with Crippen LogP contribution in [0.15, 0.2) is 18.2 Å². The summed E-state index contributed by atoms with van der Waals surface area (Å²) in [5, 5.41) is 13.2. The van der Waals surface area contributed by atoms with Crippen molar-refractivity contribution in [2.75, 3.05) is 13.2 Å². The third-order valence-corrected chi connectivity index (χ3v) is 3.41. The molecule has 1 saturated heterocycles. The number of aliphatic hydroxyl groups is 1. The molecule has 5 heteroatoms. The summed E-state index contributed by atoms with van der Waals surface area (Å²) in [6.45, 7) is 2.80. The second-order valence-corrected chi connectivity index (χ2v) is 4.71. The second-order valence-electron chi connectivity index (χ2n) is 4.71. The Morgan fingerprint density at radius 1 is 1.50 bits per heavy atom. The summed E-state index contributed by atoms with van der Waals surface area (Å²) in [4.78, 5) is 0. The van der Waals surface area contributed by atoms with Crippen molar-refractivity contribution in [3.8, 4) is 0 Å². The van der Waals surface area contributed by atoms with Crippen LogP contribution in [0.4, 0.5) is 8.78 Å². The molecular formula is C13H17F2NO2. The molecule has 2 atom stereocenters. The summed E-state index contributed by atoms with van der Waals surface area (Å²) in [7, 11) is 0. The van der Waals surface area contributed by atoms with Crippen LogP contribution in [0.2, 0.25) is 0 Å². The Bertz CT molecular complexity index is 427. The van der Waals surface area contributed by atoms with Gasteiger partial charge in [-0.3, -0.25) is 0 Å². The lowest BCUT2D eigenvalue weighted by Crippen LogP contribution is -2.45. The van der Waals surface area contributed by atoms with E-state index in [-0.39, 0.29) is 18.2 Å². The summed E-state index contributed by atoms with van der Waals surface area (Å²) >= 11 is 0. The smallest absolute Gasteiger partial charge is 0.127 e. The van der Waals surface area contributed by atoms with Gasteiger partial charge in [-0.25, -0.2) is 8.78 Å². The van der Waals surface area contributed by atoms with Crippen LogP contribution < -0.4 is 5.32 Å². The van der Waals surface area contributed by atoms with Gasteiger partial charge in [-0.1, -0.05) is 0 Å². The van der Waals surface area contributed by atoms with Crippen molar-refractivity contribution in [3.05, 3.63) is 35.4 Å². The predicted molar refractivity (Wildman–Crippen MR) is 63.0 cm³/mol. The van der Waals surface area contributed by atoms with E-state index in [0.717, 1.165) is 18.2 Å². The lowest BCUT2D eigenvalue weighted by atomic mass is 9.96. The van der Waals surface area contributed by atoms with Gasteiger partial charge in [0.25, 0.3) is 0 Å². The molecule has 2 N–H and O–H groups in total. The van der Waals surface area contributed by atoms with E-state index in [1.807, 2.05) is 0 Å². The first-order valence-electron chi connectivity index (χ1n) is 6.00. The van der Waals surface area contributed by atoms with E-state index in [9.17, 15) is 13.9 Å². The van der Waals surface area contributed by atoms with Crippen LogP contribution in [0.1, 0.15) is 18.9 Å². The van der Waals surface area contributed by atoms with Crippen LogP contribution in [0.5, 0.6) is 0 Å². The van der Waals surface area contributed by atoms with Crippen LogP contribution >= 0.6 is 0 Å². The van der Waals surface area contributed by atoms with Gasteiger partial charge in [-0.05, 0) is 25.1 Å². The number of nitrogens with one attached hydrogen (secondary N) is 1. The SMILES string of the molecule is CC1OCCC1(O)CNCc1cc(F)ccc1F. The van der Waals surface area contributed by atoms with Crippen molar-refractivity contribution in [2.45, 2.75) is 31.6 Å². The first-order valence-corrected chi connectivity index (χ1v) is 6.00. The minimum Gasteiger partial charge on any atom is -0.386 e. The van der Waals surface area contributed by atoms with Gasteiger partial charge >= 0.3 is 0 Å². The highest BCUT2D eigenvalue weighted by Crippen LogP contribution is 2.24. The highest BCUT2D eigenvalue weighted by atomic mass is 19.1. The molecule has 1 heterocycles. The number of halogens is 2. The molecule has 1 fully saturated rings. The summed E-state index contributed by atoms with van der Waals surface area (Å²) in [5.41, 5.74) is -0.672. The van der Waals surface area contributed by atoms with Crippen molar-refractivity contribution in [1.29, 1.82) is 0 Å². The first-order chi connectivity index (χ1) is 8.51. The van der Waals surface area contributed by atoms with Crippen molar-refractivity contribution < 1.29 is 18.6 Å². The third-order valence-electron chi connectivity index (χ3n) is 3.41. The first kappa shape index (κ1) is 13.4. The molecule has 18 heavy (non-hydrogen) atoms. The normalized spacial score (nSPS) is 27.7. The maximum absolute atomic E-state index is 13.3. The van der Waals surface area contributed by atoms with Gasteiger partial charge in [0.2, 0.25) is 0 Å².